The Morgan fingerprint density at radius 3 is 2.95 bits per heavy atom. The Hall–Kier alpha value is -2.01. The molecule has 0 amide bonds. The number of fused-ring (bicyclic) bond motifs is 1. The van der Waals surface area contributed by atoms with Gasteiger partial charge in [-0.15, -0.1) is 0 Å². The first-order valence-corrected chi connectivity index (χ1v) is 6.51. The molecule has 5 nitrogen and oxygen atoms in total. The summed E-state index contributed by atoms with van der Waals surface area (Å²) in [5, 5.41) is 14.2. The number of rotatable bonds is 4. The van der Waals surface area contributed by atoms with Gasteiger partial charge in [-0.1, -0.05) is 18.2 Å². The van der Waals surface area contributed by atoms with E-state index in [0.717, 1.165) is 13.0 Å². The van der Waals surface area contributed by atoms with E-state index in [0.29, 0.717) is 18.8 Å². The van der Waals surface area contributed by atoms with Gasteiger partial charge >= 0.3 is 0 Å². The van der Waals surface area contributed by atoms with E-state index in [-0.39, 0.29) is 0 Å². The zero-order chi connectivity index (χ0) is 13.2. The summed E-state index contributed by atoms with van der Waals surface area (Å²) < 4.78 is 1.68. The van der Waals surface area contributed by atoms with Crippen molar-refractivity contribution in [2.45, 2.75) is 19.1 Å². The molecule has 3 rings (SSSR count). The van der Waals surface area contributed by atoms with Crippen LogP contribution in [0.4, 0.5) is 11.4 Å². The summed E-state index contributed by atoms with van der Waals surface area (Å²) in [4.78, 5) is 2.23. The highest BCUT2D eigenvalue weighted by molar-refractivity contribution is 5.57. The van der Waals surface area contributed by atoms with Crippen molar-refractivity contribution in [3.63, 3.8) is 0 Å². The van der Waals surface area contributed by atoms with Gasteiger partial charge in [-0.2, -0.15) is 5.10 Å². The number of nitrogens with two attached hydrogens (primary N) is 1. The third kappa shape index (κ3) is 2.56. The minimum absolute atomic E-state index is 0.453. The highest BCUT2D eigenvalue weighted by atomic mass is 16.3. The largest absolute Gasteiger partial charge is 0.396 e. The number of nitrogens with zero attached hydrogens (tertiary/aromatic N) is 3. The molecule has 0 fully saturated rings. The van der Waals surface area contributed by atoms with Crippen molar-refractivity contribution in [3.8, 4) is 0 Å². The van der Waals surface area contributed by atoms with Crippen molar-refractivity contribution in [2.24, 2.45) is 0 Å². The molecule has 1 aromatic carbocycles. The molecule has 1 unspecified atom stereocenters. The van der Waals surface area contributed by atoms with E-state index < -0.39 is 6.10 Å². The standard InChI is InChI=1S/C14H18N4O/c15-12-7-16-18(8-12)10-13(19)9-17-6-5-11-3-1-2-4-14(11)17/h1-4,7-8,13,19H,5-6,9-10,15H2. The van der Waals surface area contributed by atoms with Gasteiger partial charge in [0.15, 0.2) is 0 Å². The molecule has 1 aromatic heterocycles. The molecule has 2 heterocycles. The Morgan fingerprint density at radius 2 is 2.16 bits per heavy atom. The average molecular weight is 258 g/mol. The van der Waals surface area contributed by atoms with Crippen LogP contribution in [0.5, 0.6) is 0 Å². The molecule has 3 N–H and O–H groups in total. The number of hydrogen-bond donors (Lipinski definition) is 2. The number of hydrogen-bond acceptors (Lipinski definition) is 4. The molecule has 0 aliphatic carbocycles. The van der Waals surface area contributed by atoms with Gasteiger partial charge in [0.1, 0.15) is 0 Å². The lowest BCUT2D eigenvalue weighted by Crippen LogP contribution is -2.33. The van der Waals surface area contributed by atoms with Crippen molar-refractivity contribution in [1.29, 1.82) is 0 Å². The molecule has 1 atom stereocenters. The van der Waals surface area contributed by atoms with E-state index in [9.17, 15) is 5.11 Å². The van der Waals surface area contributed by atoms with Gasteiger partial charge in [0.05, 0.1) is 24.5 Å². The average Bonchev–Trinajstić information content (AvgIpc) is 2.97. The maximum absolute atomic E-state index is 10.2. The molecule has 0 radical (unpaired) electrons. The summed E-state index contributed by atoms with van der Waals surface area (Å²) in [5.41, 5.74) is 8.83. The minimum atomic E-state index is -0.453. The molecular formula is C14H18N4O. The summed E-state index contributed by atoms with van der Waals surface area (Å²) >= 11 is 0. The van der Waals surface area contributed by atoms with Crippen LogP contribution in [0.1, 0.15) is 5.56 Å². The molecule has 5 heteroatoms. The van der Waals surface area contributed by atoms with Crippen molar-refractivity contribution in [2.75, 3.05) is 23.7 Å². The first-order chi connectivity index (χ1) is 9.22. The Morgan fingerprint density at radius 1 is 1.32 bits per heavy atom. The topological polar surface area (TPSA) is 67.3 Å². The lowest BCUT2D eigenvalue weighted by atomic mass is 10.2. The number of anilines is 2. The highest BCUT2D eigenvalue weighted by Gasteiger charge is 2.20. The molecule has 1 aliphatic heterocycles. The summed E-state index contributed by atoms with van der Waals surface area (Å²) in [6.45, 7) is 2.06. The van der Waals surface area contributed by atoms with E-state index in [1.165, 1.54) is 11.3 Å². The zero-order valence-electron chi connectivity index (χ0n) is 10.7. The fraction of sp³-hybridized carbons (Fsp3) is 0.357. The van der Waals surface area contributed by atoms with E-state index >= 15 is 0 Å². The molecular weight excluding hydrogens is 240 g/mol. The maximum atomic E-state index is 10.2. The van der Waals surface area contributed by atoms with E-state index in [1.54, 1.807) is 17.1 Å². The zero-order valence-corrected chi connectivity index (χ0v) is 10.7. The summed E-state index contributed by atoms with van der Waals surface area (Å²) in [5.74, 6) is 0. The van der Waals surface area contributed by atoms with E-state index in [4.69, 9.17) is 5.73 Å². The highest BCUT2D eigenvalue weighted by Crippen LogP contribution is 2.27. The van der Waals surface area contributed by atoms with Crippen LogP contribution in [0.3, 0.4) is 0 Å². The number of nitrogen functional groups attached to an aromatic ring is 1. The van der Waals surface area contributed by atoms with Gasteiger partial charge < -0.3 is 15.7 Å². The maximum Gasteiger partial charge on any atom is 0.0910 e. The van der Waals surface area contributed by atoms with E-state index in [1.807, 2.05) is 6.07 Å². The lowest BCUT2D eigenvalue weighted by molar-refractivity contribution is 0.155. The number of benzene rings is 1. The number of aliphatic hydroxyl groups excluding tert-OH is 1. The van der Waals surface area contributed by atoms with Gasteiger partial charge in [0, 0.05) is 25.0 Å². The third-order valence-corrected chi connectivity index (χ3v) is 3.47. The van der Waals surface area contributed by atoms with Gasteiger partial charge in [-0.25, -0.2) is 0 Å². The van der Waals surface area contributed by atoms with Crippen LogP contribution in [-0.4, -0.2) is 34.1 Å². The monoisotopic (exact) mass is 258 g/mol. The second-order valence-corrected chi connectivity index (χ2v) is 4.97. The number of para-hydroxylation sites is 1. The molecule has 0 saturated carbocycles. The van der Waals surface area contributed by atoms with Crippen LogP contribution >= 0.6 is 0 Å². The molecule has 0 saturated heterocycles. The van der Waals surface area contributed by atoms with Gasteiger partial charge in [0.25, 0.3) is 0 Å². The van der Waals surface area contributed by atoms with Crippen LogP contribution in [0.25, 0.3) is 0 Å². The second-order valence-electron chi connectivity index (χ2n) is 4.97. The normalized spacial score (nSPS) is 15.5. The molecule has 19 heavy (non-hydrogen) atoms. The van der Waals surface area contributed by atoms with Crippen molar-refractivity contribution < 1.29 is 5.11 Å². The van der Waals surface area contributed by atoms with Gasteiger partial charge in [-0.3, -0.25) is 4.68 Å². The predicted octanol–water partition coefficient (Wildman–Crippen LogP) is 0.889. The molecule has 2 aromatic rings. The van der Waals surface area contributed by atoms with E-state index in [2.05, 4.69) is 28.2 Å². The smallest absolute Gasteiger partial charge is 0.0910 e. The molecule has 0 bridgehead atoms. The van der Waals surface area contributed by atoms with Crippen LogP contribution < -0.4 is 10.6 Å². The molecule has 1 aliphatic rings. The Kier molecular flexibility index (Phi) is 3.13. The third-order valence-electron chi connectivity index (χ3n) is 3.47. The molecule has 0 spiro atoms. The Labute approximate surface area is 112 Å². The number of β-amino-alcohol motifs (C(OH)–C–C–N with tert-alkyl or cyclic N) is 1. The SMILES string of the molecule is Nc1cnn(CC(O)CN2CCc3ccccc32)c1. The van der Waals surface area contributed by atoms with Crippen molar-refractivity contribution >= 4 is 11.4 Å². The fourth-order valence-electron chi connectivity index (χ4n) is 2.60. The van der Waals surface area contributed by atoms with Gasteiger partial charge in [0.2, 0.25) is 0 Å². The van der Waals surface area contributed by atoms with Crippen molar-refractivity contribution in [3.05, 3.63) is 42.2 Å². The predicted molar refractivity (Wildman–Crippen MR) is 75.0 cm³/mol. The number of aliphatic hydroxyl groups is 1. The second kappa shape index (κ2) is 4.93. The van der Waals surface area contributed by atoms with Gasteiger partial charge in [-0.05, 0) is 18.1 Å². The summed E-state index contributed by atoms with van der Waals surface area (Å²) in [6, 6.07) is 8.36. The molecule has 100 valence electrons. The van der Waals surface area contributed by atoms with Crippen LogP contribution in [0, 0.1) is 0 Å². The first-order valence-electron chi connectivity index (χ1n) is 6.51. The quantitative estimate of drug-likeness (QED) is 0.854. The Balaban J connectivity index is 1.63. The van der Waals surface area contributed by atoms with Crippen LogP contribution in [0.15, 0.2) is 36.7 Å². The lowest BCUT2D eigenvalue weighted by Gasteiger charge is -2.22. The van der Waals surface area contributed by atoms with Crippen molar-refractivity contribution in [1.82, 2.24) is 9.78 Å². The first kappa shape index (κ1) is 12.0. The summed E-state index contributed by atoms with van der Waals surface area (Å²) in [7, 11) is 0. The fourth-order valence-corrected chi connectivity index (χ4v) is 2.60. The van der Waals surface area contributed by atoms with Crippen LogP contribution in [-0.2, 0) is 13.0 Å². The summed E-state index contributed by atoms with van der Waals surface area (Å²) in [6.07, 6.45) is 3.93. The Bertz CT molecular complexity index is 566. The van der Waals surface area contributed by atoms with Crippen LogP contribution in [0.2, 0.25) is 0 Å². The number of aromatic nitrogens is 2. The minimum Gasteiger partial charge on any atom is -0.396 e.